The SMILES string of the molecule is CC(C)OCCCNC(=O)[C@]1(Cc2ccccc2N=[N+]=[N-])N=C(c2ccc(OCCCO)cc2)O[C@@H]1c1ccc(Cl)cc1Cl. The van der Waals surface area contributed by atoms with E-state index in [2.05, 4.69) is 15.3 Å². The average molecular weight is 641 g/mol. The minimum atomic E-state index is -1.54. The molecule has 3 aromatic carbocycles. The van der Waals surface area contributed by atoms with E-state index in [1.807, 2.05) is 13.8 Å². The number of aliphatic imine (C=N–C) groups is 1. The molecule has 3 aromatic rings. The van der Waals surface area contributed by atoms with E-state index in [1.54, 1.807) is 66.7 Å². The number of ether oxygens (including phenoxy) is 3. The first kappa shape index (κ1) is 33.1. The number of nitrogens with zero attached hydrogens (tertiary/aromatic N) is 4. The van der Waals surface area contributed by atoms with E-state index in [0.29, 0.717) is 70.8 Å². The van der Waals surface area contributed by atoms with E-state index in [9.17, 15) is 10.3 Å². The standard InChI is InChI=1S/C32H35Cl2N5O5/c1-21(2)42-17-5-15-36-31(41)32(20-23-7-3-4-8-28(23)38-39-35)29(26-14-11-24(33)19-27(26)34)44-30(37-32)22-9-12-25(13-10-22)43-18-6-16-40/h3-4,7-14,19,21,29,40H,5-6,15-18,20H2,1-2H3,(H,36,41)/t29-,32-/m1/s1. The van der Waals surface area contributed by atoms with Gasteiger partial charge in [-0.2, -0.15) is 0 Å². The maximum Gasteiger partial charge on any atom is 0.252 e. The maximum absolute atomic E-state index is 14.3. The summed E-state index contributed by atoms with van der Waals surface area (Å²) < 4.78 is 17.8. The normalized spacial score (nSPS) is 17.5. The van der Waals surface area contributed by atoms with Gasteiger partial charge in [0.2, 0.25) is 5.90 Å². The Morgan fingerprint density at radius 1 is 1.14 bits per heavy atom. The summed E-state index contributed by atoms with van der Waals surface area (Å²) in [6.07, 6.45) is 0.281. The van der Waals surface area contributed by atoms with E-state index in [0.717, 1.165) is 0 Å². The van der Waals surface area contributed by atoms with E-state index in [4.69, 9.17) is 47.5 Å². The number of azide groups is 1. The average Bonchev–Trinajstić information content (AvgIpc) is 3.38. The minimum Gasteiger partial charge on any atom is -0.494 e. The number of amides is 1. The van der Waals surface area contributed by atoms with Gasteiger partial charge in [0, 0.05) is 64.4 Å². The minimum absolute atomic E-state index is 0.0368. The van der Waals surface area contributed by atoms with Crippen LogP contribution >= 0.6 is 23.2 Å². The highest BCUT2D eigenvalue weighted by Gasteiger charge is 2.54. The number of rotatable bonds is 15. The quantitative estimate of drug-likeness (QED) is 0.0788. The lowest BCUT2D eigenvalue weighted by molar-refractivity contribution is -0.129. The van der Waals surface area contributed by atoms with Crippen molar-refractivity contribution in [2.24, 2.45) is 10.1 Å². The van der Waals surface area contributed by atoms with Crippen LogP contribution in [0.15, 0.2) is 76.8 Å². The molecule has 12 heteroatoms. The molecule has 1 amide bonds. The van der Waals surface area contributed by atoms with Crippen molar-refractivity contribution in [2.75, 3.05) is 26.4 Å². The first-order chi connectivity index (χ1) is 21.3. The van der Waals surface area contributed by atoms with Crippen LogP contribution in [0.4, 0.5) is 5.69 Å². The predicted octanol–water partition coefficient (Wildman–Crippen LogP) is 7.13. The van der Waals surface area contributed by atoms with E-state index < -0.39 is 11.6 Å². The third kappa shape index (κ3) is 8.22. The Morgan fingerprint density at radius 3 is 2.61 bits per heavy atom. The Balaban J connectivity index is 1.79. The number of aliphatic hydroxyl groups is 1. The van der Waals surface area contributed by atoms with Crippen LogP contribution in [0.3, 0.4) is 0 Å². The van der Waals surface area contributed by atoms with Gasteiger partial charge in [-0.15, -0.1) is 0 Å². The number of benzene rings is 3. The lowest BCUT2D eigenvalue weighted by Crippen LogP contribution is -2.50. The zero-order valence-electron chi connectivity index (χ0n) is 24.6. The number of nitrogens with one attached hydrogen (secondary N) is 1. The number of hydrogen-bond donors (Lipinski definition) is 2. The fourth-order valence-corrected chi connectivity index (χ4v) is 5.32. The second kappa shape index (κ2) is 15.8. The van der Waals surface area contributed by atoms with Crippen LogP contribution in [0.5, 0.6) is 5.75 Å². The van der Waals surface area contributed by atoms with Gasteiger partial charge in [-0.05, 0) is 67.8 Å². The topological polar surface area (TPSA) is 138 Å². The van der Waals surface area contributed by atoms with Gasteiger partial charge in [0.1, 0.15) is 5.75 Å². The van der Waals surface area contributed by atoms with Gasteiger partial charge >= 0.3 is 0 Å². The van der Waals surface area contributed by atoms with Crippen LogP contribution in [0, 0.1) is 0 Å². The second-order valence-electron chi connectivity index (χ2n) is 10.5. The monoisotopic (exact) mass is 639 g/mol. The van der Waals surface area contributed by atoms with Crippen molar-refractivity contribution in [2.45, 2.75) is 50.9 Å². The van der Waals surface area contributed by atoms with E-state index >= 15 is 0 Å². The van der Waals surface area contributed by atoms with Gasteiger partial charge in [0.15, 0.2) is 11.6 Å². The summed E-state index contributed by atoms with van der Waals surface area (Å²) in [5, 5.41) is 16.7. The molecule has 0 saturated heterocycles. The largest absolute Gasteiger partial charge is 0.494 e. The van der Waals surface area contributed by atoms with Crippen LogP contribution in [0.1, 0.15) is 49.5 Å². The molecule has 0 radical (unpaired) electrons. The molecule has 232 valence electrons. The molecule has 1 aliphatic heterocycles. The molecule has 0 saturated carbocycles. The molecular formula is C32H35Cl2N5O5. The molecule has 0 unspecified atom stereocenters. The highest BCUT2D eigenvalue weighted by atomic mass is 35.5. The molecule has 0 aromatic heterocycles. The van der Waals surface area contributed by atoms with Crippen LogP contribution in [0.25, 0.3) is 10.4 Å². The Bertz CT molecular complexity index is 1510. The molecule has 2 N–H and O–H groups in total. The second-order valence-corrected chi connectivity index (χ2v) is 11.3. The number of carbonyl (C=O) groups excluding carboxylic acids is 1. The van der Waals surface area contributed by atoms with Gasteiger partial charge in [0.25, 0.3) is 5.91 Å². The highest BCUT2D eigenvalue weighted by molar-refractivity contribution is 6.35. The third-order valence-corrected chi connectivity index (χ3v) is 7.50. The molecule has 0 spiro atoms. The number of aliphatic hydroxyl groups excluding tert-OH is 1. The van der Waals surface area contributed by atoms with Crippen molar-refractivity contribution in [1.82, 2.24) is 5.32 Å². The third-order valence-electron chi connectivity index (χ3n) is 6.94. The summed E-state index contributed by atoms with van der Waals surface area (Å²) in [6.45, 7) is 5.14. The van der Waals surface area contributed by atoms with Gasteiger partial charge in [-0.25, -0.2) is 4.99 Å². The van der Waals surface area contributed by atoms with Crippen LogP contribution < -0.4 is 10.1 Å². The number of halogens is 2. The Hall–Kier alpha value is -3.79. The van der Waals surface area contributed by atoms with Crippen molar-refractivity contribution in [1.29, 1.82) is 0 Å². The molecule has 2 atom stereocenters. The first-order valence-electron chi connectivity index (χ1n) is 14.4. The molecular weight excluding hydrogens is 605 g/mol. The summed E-state index contributed by atoms with van der Waals surface area (Å²) in [5.41, 5.74) is 9.82. The maximum atomic E-state index is 14.3. The van der Waals surface area contributed by atoms with Crippen molar-refractivity contribution in [3.63, 3.8) is 0 Å². The van der Waals surface area contributed by atoms with Gasteiger partial charge in [0.05, 0.1) is 12.7 Å². The predicted molar refractivity (Wildman–Crippen MR) is 171 cm³/mol. The van der Waals surface area contributed by atoms with Crippen LogP contribution in [0.2, 0.25) is 10.0 Å². The zero-order valence-corrected chi connectivity index (χ0v) is 26.1. The van der Waals surface area contributed by atoms with Crippen molar-refractivity contribution < 1.29 is 24.1 Å². The molecule has 0 fully saturated rings. The number of carbonyl (C=O) groups is 1. The number of hydrogen-bond acceptors (Lipinski definition) is 7. The van der Waals surface area contributed by atoms with Gasteiger partial charge in [-0.3, -0.25) is 4.79 Å². The lowest BCUT2D eigenvalue weighted by atomic mass is 9.81. The van der Waals surface area contributed by atoms with Crippen LogP contribution in [-0.2, 0) is 20.7 Å². The molecule has 0 bridgehead atoms. The van der Waals surface area contributed by atoms with Crippen molar-refractivity contribution >= 4 is 40.7 Å². The fourth-order valence-electron chi connectivity index (χ4n) is 4.82. The summed E-state index contributed by atoms with van der Waals surface area (Å²) in [7, 11) is 0. The zero-order chi connectivity index (χ0) is 31.5. The highest BCUT2D eigenvalue weighted by Crippen LogP contribution is 2.46. The Kier molecular flexibility index (Phi) is 11.9. The van der Waals surface area contributed by atoms with E-state index in [1.165, 1.54) is 0 Å². The summed E-state index contributed by atoms with van der Waals surface area (Å²) in [5.74, 6) is 0.476. The Morgan fingerprint density at radius 2 is 1.91 bits per heavy atom. The summed E-state index contributed by atoms with van der Waals surface area (Å²) in [4.78, 5) is 22.3. The lowest BCUT2D eigenvalue weighted by Gasteiger charge is -2.31. The molecule has 10 nitrogen and oxygen atoms in total. The Labute approximate surface area is 266 Å². The molecule has 1 aliphatic rings. The van der Waals surface area contributed by atoms with Gasteiger partial charge < -0.3 is 24.6 Å². The summed E-state index contributed by atoms with van der Waals surface area (Å²) in [6, 6.07) is 19.2. The van der Waals surface area contributed by atoms with Crippen molar-refractivity contribution in [3.8, 4) is 5.75 Å². The van der Waals surface area contributed by atoms with Gasteiger partial charge in [-0.1, -0.05) is 58.6 Å². The van der Waals surface area contributed by atoms with E-state index in [-0.39, 0.29) is 30.9 Å². The smallest absolute Gasteiger partial charge is 0.252 e. The molecule has 1 heterocycles. The summed E-state index contributed by atoms with van der Waals surface area (Å²) >= 11 is 12.9. The first-order valence-corrected chi connectivity index (χ1v) is 15.1. The molecule has 4 rings (SSSR count). The fraction of sp³-hybridized carbons (Fsp3) is 0.375. The molecule has 44 heavy (non-hydrogen) atoms. The van der Waals surface area contributed by atoms with Crippen molar-refractivity contribution in [3.05, 3.63) is 104 Å². The van der Waals surface area contributed by atoms with Crippen LogP contribution in [-0.4, -0.2) is 54.9 Å². The molecule has 0 aliphatic carbocycles.